The molecule has 0 aliphatic carbocycles. The zero-order chi connectivity index (χ0) is 10.9. The van der Waals surface area contributed by atoms with Crippen molar-refractivity contribution in [1.82, 2.24) is 5.32 Å². The number of nitrogens with zero attached hydrogens (tertiary/aromatic N) is 1. The van der Waals surface area contributed by atoms with Crippen LogP contribution in [-0.2, 0) is 16.1 Å². The Morgan fingerprint density at radius 3 is 2.73 bits per heavy atom. The van der Waals surface area contributed by atoms with Gasteiger partial charge in [0, 0.05) is 13.0 Å². The molecular weight excluding hydrogens is 192 g/mol. The van der Waals surface area contributed by atoms with Crippen molar-refractivity contribution in [3.63, 3.8) is 0 Å². The summed E-state index contributed by atoms with van der Waals surface area (Å²) in [5.74, 6) is -0.113. The molecule has 15 heavy (non-hydrogen) atoms. The molecule has 0 fully saturated rings. The van der Waals surface area contributed by atoms with E-state index in [-0.39, 0.29) is 18.9 Å². The SMILES string of the molecule is O=C=NCCC(=O)NCc1ccccc1. The topological polar surface area (TPSA) is 58.5 Å². The first-order valence-corrected chi connectivity index (χ1v) is 4.67. The van der Waals surface area contributed by atoms with Crippen molar-refractivity contribution in [1.29, 1.82) is 0 Å². The fourth-order valence-corrected chi connectivity index (χ4v) is 1.09. The van der Waals surface area contributed by atoms with Gasteiger partial charge in [0.05, 0.1) is 6.54 Å². The molecule has 78 valence electrons. The van der Waals surface area contributed by atoms with Gasteiger partial charge in [0.1, 0.15) is 0 Å². The van der Waals surface area contributed by atoms with Crippen LogP contribution in [0.4, 0.5) is 0 Å². The predicted octanol–water partition coefficient (Wildman–Crippen LogP) is 1.03. The molecule has 0 aliphatic rings. The Balaban J connectivity index is 2.25. The molecule has 0 aliphatic heterocycles. The van der Waals surface area contributed by atoms with Gasteiger partial charge in [-0.15, -0.1) is 0 Å². The van der Waals surface area contributed by atoms with Crippen molar-refractivity contribution >= 4 is 12.0 Å². The Bertz CT molecular complexity index is 356. The molecule has 4 heteroatoms. The lowest BCUT2D eigenvalue weighted by Crippen LogP contribution is -2.23. The van der Waals surface area contributed by atoms with Crippen LogP contribution in [0.1, 0.15) is 12.0 Å². The Labute approximate surface area is 88.0 Å². The number of benzene rings is 1. The summed E-state index contributed by atoms with van der Waals surface area (Å²) in [5, 5.41) is 2.73. The highest BCUT2D eigenvalue weighted by Gasteiger charge is 1.99. The van der Waals surface area contributed by atoms with Crippen LogP contribution in [0.25, 0.3) is 0 Å². The van der Waals surface area contributed by atoms with Crippen molar-refractivity contribution < 1.29 is 9.59 Å². The molecule has 1 aromatic carbocycles. The van der Waals surface area contributed by atoms with Gasteiger partial charge in [-0.05, 0) is 5.56 Å². The van der Waals surface area contributed by atoms with Crippen molar-refractivity contribution in [2.24, 2.45) is 4.99 Å². The maximum absolute atomic E-state index is 11.2. The van der Waals surface area contributed by atoms with Crippen molar-refractivity contribution in [3.8, 4) is 0 Å². The van der Waals surface area contributed by atoms with E-state index in [9.17, 15) is 9.59 Å². The Kier molecular flexibility index (Phi) is 4.84. The number of aliphatic imine (C=N–C) groups is 1. The minimum absolute atomic E-state index is 0.113. The third-order valence-corrected chi connectivity index (χ3v) is 1.85. The summed E-state index contributed by atoms with van der Waals surface area (Å²) in [6, 6.07) is 9.62. The molecule has 0 radical (unpaired) electrons. The van der Waals surface area contributed by atoms with Gasteiger partial charge < -0.3 is 5.32 Å². The Morgan fingerprint density at radius 2 is 2.07 bits per heavy atom. The summed E-state index contributed by atoms with van der Waals surface area (Å²) in [7, 11) is 0. The lowest BCUT2D eigenvalue weighted by atomic mass is 10.2. The van der Waals surface area contributed by atoms with Gasteiger partial charge in [-0.3, -0.25) is 4.79 Å². The van der Waals surface area contributed by atoms with Gasteiger partial charge in [0.2, 0.25) is 12.0 Å². The first-order valence-electron chi connectivity index (χ1n) is 4.67. The van der Waals surface area contributed by atoms with E-state index < -0.39 is 0 Å². The van der Waals surface area contributed by atoms with Crippen LogP contribution in [0.3, 0.4) is 0 Å². The van der Waals surface area contributed by atoms with E-state index in [1.165, 1.54) is 6.08 Å². The van der Waals surface area contributed by atoms with Crippen molar-refractivity contribution in [3.05, 3.63) is 35.9 Å². The second-order valence-corrected chi connectivity index (χ2v) is 2.99. The zero-order valence-corrected chi connectivity index (χ0v) is 8.27. The van der Waals surface area contributed by atoms with Crippen LogP contribution in [0, 0.1) is 0 Å². The molecule has 1 N–H and O–H groups in total. The highest BCUT2D eigenvalue weighted by molar-refractivity contribution is 5.76. The van der Waals surface area contributed by atoms with Gasteiger partial charge in [-0.1, -0.05) is 30.3 Å². The minimum Gasteiger partial charge on any atom is -0.352 e. The second kappa shape index (κ2) is 6.51. The lowest BCUT2D eigenvalue weighted by molar-refractivity contribution is -0.121. The average Bonchev–Trinajstić information content (AvgIpc) is 2.28. The smallest absolute Gasteiger partial charge is 0.234 e. The van der Waals surface area contributed by atoms with E-state index in [1.807, 2.05) is 30.3 Å². The summed E-state index contributed by atoms with van der Waals surface area (Å²) in [6.45, 7) is 0.703. The fourth-order valence-electron chi connectivity index (χ4n) is 1.09. The lowest BCUT2D eigenvalue weighted by Gasteiger charge is -2.03. The molecule has 1 rings (SSSR count). The van der Waals surface area contributed by atoms with Gasteiger partial charge >= 0.3 is 0 Å². The molecule has 0 heterocycles. The molecule has 0 saturated heterocycles. The van der Waals surface area contributed by atoms with Crippen LogP contribution in [0.5, 0.6) is 0 Å². The van der Waals surface area contributed by atoms with E-state index in [0.29, 0.717) is 6.54 Å². The number of hydrogen-bond donors (Lipinski definition) is 1. The van der Waals surface area contributed by atoms with Gasteiger partial charge in [0.25, 0.3) is 0 Å². The monoisotopic (exact) mass is 204 g/mol. The van der Waals surface area contributed by atoms with E-state index in [0.717, 1.165) is 5.56 Å². The molecule has 0 unspecified atom stereocenters. The van der Waals surface area contributed by atoms with Crippen LogP contribution >= 0.6 is 0 Å². The highest BCUT2D eigenvalue weighted by Crippen LogP contribution is 1.97. The largest absolute Gasteiger partial charge is 0.352 e. The maximum Gasteiger partial charge on any atom is 0.234 e. The summed E-state index contributed by atoms with van der Waals surface area (Å²) in [6.07, 6.45) is 1.62. The molecule has 0 aromatic heterocycles. The molecule has 4 nitrogen and oxygen atoms in total. The van der Waals surface area contributed by atoms with Gasteiger partial charge in [-0.2, -0.15) is 0 Å². The summed E-state index contributed by atoms with van der Waals surface area (Å²) < 4.78 is 0. The van der Waals surface area contributed by atoms with Crippen LogP contribution in [0.15, 0.2) is 35.3 Å². The molecule has 1 amide bonds. The standard InChI is InChI=1S/C11H12N2O2/c14-9-12-7-6-11(15)13-8-10-4-2-1-3-5-10/h1-5H,6-8H2,(H,13,15). The zero-order valence-electron chi connectivity index (χ0n) is 8.27. The van der Waals surface area contributed by atoms with E-state index in [2.05, 4.69) is 10.3 Å². The maximum atomic E-state index is 11.2. The normalized spacial score (nSPS) is 9.07. The molecule has 0 atom stereocenters. The van der Waals surface area contributed by atoms with Crippen LogP contribution in [0.2, 0.25) is 0 Å². The van der Waals surface area contributed by atoms with Crippen molar-refractivity contribution in [2.45, 2.75) is 13.0 Å². The molecule has 0 bridgehead atoms. The molecule has 0 spiro atoms. The van der Waals surface area contributed by atoms with E-state index in [1.54, 1.807) is 0 Å². The number of hydrogen-bond acceptors (Lipinski definition) is 3. The second-order valence-electron chi connectivity index (χ2n) is 2.99. The van der Waals surface area contributed by atoms with E-state index >= 15 is 0 Å². The number of isocyanates is 1. The Hall–Kier alpha value is -1.93. The Morgan fingerprint density at radius 1 is 1.33 bits per heavy atom. The molecule has 1 aromatic rings. The number of carbonyl (C=O) groups is 1. The number of rotatable bonds is 5. The van der Waals surface area contributed by atoms with E-state index in [4.69, 9.17) is 0 Å². The quantitative estimate of drug-likeness (QED) is 0.575. The molecular formula is C11H12N2O2. The number of amides is 1. The summed E-state index contributed by atoms with van der Waals surface area (Å²) >= 11 is 0. The van der Waals surface area contributed by atoms with Crippen molar-refractivity contribution in [2.75, 3.05) is 6.54 Å². The predicted molar refractivity (Wildman–Crippen MR) is 55.9 cm³/mol. The first-order chi connectivity index (χ1) is 7.33. The molecule has 0 saturated carbocycles. The first kappa shape index (κ1) is 11.1. The third-order valence-electron chi connectivity index (χ3n) is 1.85. The van der Waals surface area contributed by atoms with Crippen LogP contribution in [-0.4, -0.2) is 18.5 Å². The third kappa shape index (κ3) is 4.74. The van der Waals surface area contributed by atoms with Gasteiger partial charge in [-0.25, -0.2) is 9.79 Å². The van der Waals surface area contributed by atoms with Crippen LogP contribution < -0.4 is 5.32 Å². The summed E-state index contributed by atoms with van der Waals surface area (Å²) in [4.78, 5) is 24.2. The number of carbonyl (C=O) groups excluding carboxylic acids is 2. The minimum atomic E-state index is -0.113. The number of nitrogens with one attached hydrogen (secondary N) is 1. The summed E-state index contributed by atoms with van der Waals surface area (Å²) in [5.41, 5.74) is 1.05. The highest BCUT2D eigenvalue weighted by atomic mass is 16.1. The fraction of sp³-hybridized carbons (Fsp3) is 0.273. The average molecular weight is 204 g/mol. The van der Waals surface area contributed by atoms with Gasteiger partial charge in [0.15, 0.2) is 0 Å².